The van der Waals surface area contributed by atoms with E-state index in [0.717, 1.165) is 42.8 Å². The number of hydrogen-bond donors (Lipinski definition) is 1. The molecule has 2 aromatic rings. The van der Waals surface area contributed by atoms with E-state index >= 15 is 0 Å². The van der Waals surface area contributed by atoms with E-state index in [4.69, 9.17) is 27.9 Å². The molecule has 2 amide bonds. The number of rotatable bonds is 6. The van der Waals surface area contributed by atoms with Crippen LogP contribution in [0.1, 0.15) is 24.8 Å². The fourth-order valence-corrected chi connectivity index (χ4v) is 6.64. The molecular weight excluding hydrogens is 492 g/mol. The van der Waals surface area contributed by atoms with Crippen LogP contribution in [0, 0.1) is 23.6 Å². The van der Waals surface area contributed by atoms with Gasteiger partial charge in [-0.1, -0.05) is 23.2 Å². The van der Waals surface area contributed by atoms with Gasteiger partial charge in [0.1, 0.15) is 11.6 Å². The predicted octanol–water partition coefficient (Wildman–Crippen LogP) is 4.21. The van der Waals surface area contributed by atoms with E-state index in [-0.39, 0.29) is 45.6 Å². The lowest BCUT2D eigenvalue weighted by molar-refractivity contribution is -0.203. The third-order valence-corrected chi connectivity index (χ3v) is 8.78. The summed E-state index contributed by atoms with van der Waals surface area (Å²) in [5.41, 5.74) is 1.85. The number of carbonyl (C=O) groups is 2. The van der Waals surface area contributed by atoms with Crippen LogP contribution in [0.4, 0.5) is 10.1 Å². The van der Waals surface area contributed by atoms with Crippen LogP contribution in [-0.4, -0.2) is 55.0 Å². The minimum Gasteiger partial charge on any atom is -0.484 e. The third kappa shape index (κ3) is 3.75. The summed E-state index contributed by atoms with van der Waals surface area (Å²) < 4.78 is 18.9. The van der Waals surface area contributed by atoms with Crippen LogP contribution in [0.25, 0.3) is 0 Å². The average Bonchev–Trinajstić information content (AvgIpc) is 2.70. The molecule has 3 aliphatic carbocycles. The molecule has 35 heavy (non-hydrogen) atoms. The lowest BCUT2D eigenvalue weighted by Crippen LogP contribution is -2.81. The monoisotopic (exact) mass is 517 g/mol. The summed E-state index contributed by atoms with van der Waals surface area (Å²) in [5.74, 6) is -0.380. The summed E-state index contributed by atoms with van der Waals surface area (Å²) >= 11 is 11.8. The second kappa shape index (κ2) is 7.74. The van der Waals surface area contributed by atoms with Crippen molar-refractivity contribution >= 4 is 40.7 Å². The van der Waals surface area contributed by atoms with Gasteiger partial charge >= 0.3 is 0 Å². The first kappa shape index (κ1) is 22.9. The summed E-state index contributed by atoms with van der Waals surface area (Å²) in [6.45, 7) is 5.34. The number of anilines is 1. The van der Waals surface area contributed by atoms with Gasteiger partial charge in [0.2, 0.25) is 5.91 Å². The van der Waals surface area contributed by atoms with E-state index in [9.17, 15) is 14.0 Å². The third-order valence-electron chi connectivity index (χ3n) is 8.05. The van der Waals surface area contributed by atoms with Crippen LogP contribution in [0.15, 0.2) is 36.4 Å². The van der Waals surface area contributed by atoms with Gasteiger partial charge in [-0.2, -0.15) is 0 Å². The molecule has 2 aliphatic heterocycles. The first-order valence-corrected chi connectivity index (χ1v) is 12.6. The lowest BCUT2D eigenvalue weighted by Gasteiger charge is -2.71. The van der Waals surface area contributed by atoms with Gasteiger partial charge in [-0.3, -0.25) is 9.59 Å². The standard InChI is InChI=1S/C26H26Cl2FN3O3/c1-16-6-17(2-4-19(16)27)31-12-24(13-31)14-32(15-24)23(34)25-9-26(10-25,11-25)30-22(33)8-35-18-3-5-20(28)21(29)7-18/h2-7H,8-15H2,1H3,(H,30,33). The van der Waals surface area contributed by atoms with Crippen molar-refractivity contribution in [1.29, 1.82) is 0 Å². The molecule has 2 saturated heterocycles. The number of aryl methyl sites for hydroxylation is 1. The van der Waals surface area contributed by atoms with Crippen LogP contribution < -0.4 is 15.0 Å². The molecule has 2 heterocycles. The van der Waals surface area contributed by atoms with Crippen molar-refractivity contribution in [1.82, 2.24) is 10.2 Å². The van der Waals surface area contributed by atoms with E-state index in [1.807, 2.05) is 17.9 Å². The first-order valence-electron chi connectivity index (χ1n) is 11.8. The molecule has 7 rings (SSSR count). The summed E-state index contributed by atoms with van der Waals surface area (Å²) in [6, 6.07) is 10.2. The molecule has 0 aromatic heterocycles. The predicted molar refractivity (Wildman–Crippen MR) is 131 cm³/mol. The molecule has 0 atom stereocenters. The summed E-state index contributed by atoms with van der Waals surface area (Å²) in [4.78, 5) is 29.8. The van der Waals surface area contributed by atoms with E-state index in [1.54, 1.807) is 0 Å². The fourth-order valence-electron chi connectivity index (χ4n) is 6.41. The number of ether oxygens (including phenoxy) is 1. The average molecular weight is 518 g/mol. The minimum atomic E-state index is -0.591. The molecule has 1 N–H and O–H groups in total. The highest BCUT2D eigenvalue weighted by Crippen LogP contribution is 2.68. The lowest BCUT2D eigenvalue weighted by atomic mass is 9.38. The Morgan fingerprint density at radius 3 is 2.37 bits per heavy atom. The van der Waals surface area contributed by atoms with Crippen molar-refractivity contribution in [2.24, 2.45) is 10.8 Å². The minimum absolute atomic E-state index is 0.00466. The molecule has 2 bridgehead atoms. The second-order valence-corrected chi connectivity index (χ2v) is 11.8. The van der Waals surface area contributed by atoms with Crippen molar-refractivity contribution in [3.8, 4) is 5.75 Å². The zero-order chi connectivity index (χ0) is 24.6. The number of hydrogen-bond acceptors (Lipinski definition) is 4. The largest absolute Gasteiger partial charge is 0.484 e. The molecule has 9 heteroatoms. The Balaban J connectivity index is 0.945. The Kier molecular flexibility index (Phi) is 5.07. The number of amides is 2. The van der Waals surface area contributed by atoms with Crippen molar-refractivity contribution in [3.05, 3.63) is 57.8 Å². The Labute approximate surface area is 213 Å². The van der Waals surface area contributed by atoms with Crippen LogP contribution in [0.5, 0.6) is 5.75 Å². The van der Waals surface area contributed by atoms with Gasteiger partial charge in [0.25, 0.3) is 5.91 Å². The normalized spacial score (nSPS) is 27.3. The highest BCUT2D eigenvalue weighted by atomic mass is 35.5. The van der Waals surface area contributed by atoms with E-state index in [1.165, 1.54) is 17.8 Å². The Morgan fingerprint density at radius 1 is 1.03 bits per heavy atom. The van der Waals surface area contributed by atoms with Crippen molar-refractivity contribution < 1.29 is 18.7 Å². The second-order valence-electron chi connectivity index (χ2n) is 11.0. The van der Waals surface area contributed by atoms with Gasteiger partial charge in [0.05, 0.1) is 10.4 Å². The molecule has 184 valence electrons. The number of nitrogens with zero attached hydrogens (tertiary/aromatic N) is 2. The summed E-state index contributed by atoms with van der Waals surface area (Å²) in [5, 5.41) is 3.79. The van der Waals surface area contributed by atoms with Gasteiger partial charge in [0, 0.05) is 53.9 Å². The highest BCUT2D eigenvalue weighted by Gasteiger charge is 2.73. The molecule has 1 spiro atoms. The Hall–Kier alpha value is -2.51. The fraction of sp³-hybridized carbons (Fsp3) is 0.462. The van der Waals surface area contributed by atoms with Gasteiger partial charge in [-0.05, 0) is 62.1 Å². The first-order chi connectivity index (χ1) is 16.6. The molecule has 5 fully saturated rings. The van der Waals surface area contributed by atoms with Gasteiger partial charge in [-0.15, -0.1) is 0 Å². The van der Waals surface area contributed by atoms with Crippen molar-refractivity contribution in [3.63, 3.8) is 0 Å². The number of nitrogens with one attached hydrogen (secondary N) is 1. The van der Waals surface area contributed by atoms with Gasteiger partial charge in [0.15, 0.2) is 6.61 Å². The van der Waals surface area contributed by atoms with Crippen molar-refractivity contribution in [2.45, 2.75) is 31.7 Å². The number of likely N-dealkylation sites (tertiary alicyclic amines) is 1. The SMILES string of the molecule is Cc1cc(N2CC3(CN(C(=O)C45CC(NC(=O)COc6ccc(Cl)c(F)c6)(C4)C5)C3)C2)ccc1Cl. The molecule has 3 saturated carbocycles. The highest BCUT2D eigenvalue weighted by molar-refractivity contribution is 6.31. The Morgan fingerprint density at radius 2 is 1.71 bits per heavy atom. The maximum atomic E-state index is 13.5. The maximum absolute atomic E-state index is 13.5. The quantitative estimate of drug-likeness (QED) is 0.623. The number of benzene rings is 2. The number of halogens is 3. The zero-order valence-electron chi connectivity index (χ0n) is 19.4. The van der Waals surface area contributed by atoms with Crippen LogP contribution >= 0.6 is 23.2 Å². The molecule has 6 nitrogen and oxygen atoms in total. The number of carbonyl (C=O) groups excluding carboxylic acids is 2. The maximum Gasteiger partial charge on any atom is 0.258 e. The van der Waals surface area contributed by atoms with E-state index < -0.39 is 5.82 Å². The topological polar surface area (TPSA) is 61.9 Å². The molecule has 0 radical (unpaired) electrons. The molecule has 5 aliphatic rings. The smallest absolute Gasteiger partial charge is 0.258 e. The van der Waals surface area contributed by atoms with Crippen LogP contribution in [0.2, 0.25) is 10.0 Å². The molecule has 0 unspecified atom stereocenters. The summed E-state index contributed by atoms with van der Waals surface area (Å²) in [7, 11) is 0. The molecule has 2 aromatic carbocycles. The Bertz CT molecular complexity index is 1220. The van der Waals surface area contributed by atoms with E-state index in [2.05, 4.69) is 22.3 Å². The summed E-state index contributed by atoms with van der Waals surface area (Å²) in [6.07, 6.45) is 2.04. The van der Waals surface area contributed by atoms with Gasteiger partial charge < -0.3 is 19.9 Å². The van der Waals surface area contributed by atoms with Gasteiger partial charge in [-0.25, -0.2) is 4.39 Å². The van der Waals surface area contributed by atoms with E-state index in [0.29, 0.717) is 19.3 Å². The molecular formula is C26H26Cl2FN3O3. The van der Waals surface area contributed by atoms with Crippen molar-refractivity contribution in [2.75, 3.05) is 37.7 Å². The van der Waals surface area contributed by atoms with Crippen LogP contribution in [-0.2, 0) is 9.59 Å². The van der Waals surface area contributed by atoms with Crippen LogP contribution in [0.3, 0.4) is 0 Å². The zero-order valence-corrected chi connectivity index (χ0v) is 20.9.